The molecule has 0 radical (unpaired) electrons. The van der Waals surface area contributed by atoms with E-state index >= 15 is 0 Å². The lowest BCUT2D eigenvalue weighted by Crippen LogP contribution is -2.41. The third kappa shape index (κ3) is 5.35. The first-order valence-corrected chi connectivity index (χ1v) is 11.9. The van der Waals surface area contributed by atoms with Gasteiger partial charge in [-0.2, -0.15) is 0 Å². The molecule has 5 heterocycles. The summed E-state index contributed by atoms with van der Waals surface area (Å²) in [5, 5.41) is 16.8. The maximum Gasteiger partial charge on any atom is 0.303 e. The fraction of sp³-hybridized carbons (Fsp3) is 0.375. The van der Waals surface area contributed by atoms with Crippen LogP contribution < -0.4 is 16.2 Å². The number of aromatic amines is 1. The van der Waals surface area contributed by atoms with E-state index in [1.807, 2.05) is 18.2 Å². The highest BCUT2D eigenvalue weighted by molar-refractivity contribution is 7.18. The molecule has 6 bridgehead atoms. The molecule has 4 aliphatic rings. The topological polar surface area (TPSA) is 167 Å². The van der Waals surface area contributed by atoms with Crippen molar-refractivity contribution in [2.45, 2.75) is 51.0 Å². The number of nitrogens with two attached hydrogens (primary N) is 1. The number of nitrogens with zero attached hydrogens (tertiary/aromatic N) is 2. The molecular weight excluding hydrogens is 472 g/mol. The lowest BCUT2D eigenvalue weighted by molar-refractivity contribution is -0.137. The van der Waals surface area contributed by atoms with Gasteiger partial charge in [-0.25, -0.2) is 4.98 Å². The van der Waals surface area contributed by atoms with Crippen LogP contribution in [-0.2, 0) is 15.1 Å². The normalized spacial score (nSPS) is 19.1. The third-order valence-corrected chi connectivity index (χ3v) is 7.42. The molecule has 1 aliphatic carbocycles. The van der Waals surface area contributed by atoms with Gasteiger partial charge in [0.1, 0.15) is 5.82 Å². The SMILES string of the molecule is CC(=O)O.CCC(=O)O.CN(c1ccc(C(N)=O)s1)C12CCC(C1)c1nc3ccc2cc3c(=O)[nH]1. The Morgan fingerprint density at radius 2 is 1.91 bits per heavy atom. The van der Waals surface area contributed by atoms with Crippen LogP contribution in [0.25, 0.3) is 10.9 Å². The number of carboxylic acid groups (broad SMARTS) is 2. The van der Waals surface area contributed by atoms with Gasteiger partial charge in [0.2, 0.25) is 0 Å². The molecule has 2 unspecified atom stereocenters. The van der Waals surface area contributed by atoms with Crippen LogP contribution in [0.1, 0.15) is 66.5 Å². The maximum absolute atomic E-state index is 12.5. The number of aromatic nitrogens is 2. The molecule has 1 saturated carbocycles. The number of aliphatic carboxylic acids is 2. The summed E-state index contributed by atoms with van der Waals surface area (Å²) in [6.45, 7) is 2.68. The van der Waals surface area contributed by atoms with Crippen LogP contribution >= 0.6 is 11.3 Å². The number of amides is 1. The van der Waals surface area contributed by atoms with Crippen LogP contribution in [-0.4, -0.2) is 45.1 Å². The number of H-pyrrole nitrogens is 1. The second-order valence-electron chi connectivity index (χ2n) is 8.48. The molecule has 1 fully saturated rings. The van der Waals surface area contributed by atoms with Gasteiger partial charge in [0.05, 0.1) is 26.3 Å². The Morgan fingerprint density at radius 3 is 2.49 bits per heavy atom. The predicted molar refractivity (Wildman–Crippen MR) is 133 cm³/mol. The van der Waals surface area contributed by atoms with E-state index in [4.69, 9.17) is 25.7 Å². The third-order valence-electron chi connectivity index (χ3n) is 6.25. The number of carbonyl (C=O) groups excluding carboxylic acids is 1. The Kier molecular flexibility index (Phi) is 7.59. The average molecular weight is 501 g/mol. The minimum atomic E-state index is -0.833. The van der Waals surface area contributed by atoms with Gasteiger partial charge in [0, 0.05) is 26.3 Å². The number of carboxylic acids is 2. The zero-order valence-electron chi connectivity index (χ0n) is 19.7. The van der Waals surface area contributed by atoms with Gasteiger partial charge in [0.25, 0.3) is 17.4 Å². The fourth-order valence-electron chi connectivity index (χ4n) is 4.51. The van der Waals surface area contributed by atoms with Crippen molar-refractivity contribution in [3.05, 3.63) is 57.0 Å². The Bertz CT molecular complexity index is 1330. The molecule has 186 valence electrons. The summed E-state index contributed by atoms with van der Waals surface area (Å²) in [7, 11) is 2.06. The molecule has 7 rings (SSSR count). The molecule has 0 saturated heterocycles. The zero-order valence-corrected chi connectivity index (χ0v) is 20.5. The molecule has 3 aromatic rings. The quantitative estimate of drug-likeness (QED) is 0.423. The second-order valence-corrected chi connectivity index (χ2v) is 9.54. The summed E-state index contributed by atoms with van der Waals surface area (Å²) >= 11 is 1.41. The van der Waals surface area contributed by atoms with E-state index in [1.165, 1.54) is 11.3 Å². The second kappa shape index (κ2) is 10.3. The van der Waals surface area contributed by atoms with Gasteiger partial charge < -0.3 is 25.8 Å². The summed E-state index contributed by atoms with van der Waals surface area (Å²) in [6.07, 6.45) is 3.03. The van der Waals surface area contributed by atoms with Gasteiger partial charge >= 0.3 is 5.97 Å². The Hall–Kier alpha value is -3.73. The number of nitrogens with one attached hydrogen (secondary N) is 1. The number of fused-ring (bicyclic) bond motifs is 2. The van der Waals surface area contributed by atoms with E-state index in [1.54, 1.807) is 13.0 Å². The van der Waals surface area contributed by atoms with Gasteiger partial charge in [-0.3, -0.25) is 19.2 Å². The summed E-state index contributed by atoms with van der Waals surface area (Å²) in [5.41, 5.74) is 7.02. The van der Waals surface area contributed by atoms with Crippen molar-refractivity contribution in [3.63, 3.8) is 0 Å². The first-order valence-electron chi connectivity index (χ1n) is 11.1. The van der Waals surface area contributed by atoms with Crippen molar-refractivity contribution >= 4 is 45.1 Å². The zero-order chi connectivity index (χ0) is 25.9. The Balaban J connectivity index is 0.000000330. The van der Waals surface area contributed by atoms with Crippen molar-refractivity contribution in [1.29, 1.82) is 0 Å². The lowest BCUT2D eigenvalue weighted by atomic mass is 9.85. The van der Waals surface area contributed by atoms with Crippen molar-refractivity contribution in [2.75, 3.05) is 11.9 Å². The van der Waals surface area contributed by atoms with Crippen LogP contribution in [0, 0.1) is 0 Å². The van der Waals surface area contributed by atoms with Crippen molar-refractivity contribution < 1.29 is 24.6 Å². The minimum Gasteiger partial charge on any atom is -0.481 e. The van der Waals surface area contributed by atoms with E-state index in [0.29, 0.717) is 10.3 Å². The smallest absolute Gasteiger partial charge is 0.303 e. The first-order chi connectivity index (χ1) is 16.5. The van der Waals surface area contributed by atoms with E-state index in [-0.39, 0.29) is 23.4 Å². The summed E-state index contributed by atoms with van der Waals surface area (Å²) in [5.74, 6) is -0.978. The van der Waals surface area contributed by atoms with Gasteiger partial charge in [-0.15, -0.1) is 11.3 Å². The molecule has 1 aromatic carbocycles. The van der Waals surface area contributed by atoms with Crippen LogP contribution in [0.4, 0.5) is 5.00 Å². The van der Waals surface area contributed by atoms with Crippen LogP contribution in [0.5, 0.6) is 0 Å². The van der Waals surface area contributed by atoms with Crippen molar-refractivity contribution in [3.8, 4) is 0 Å². The molecule has 11 heteroatoms. The highest BCUT2D eigenvalue weighted by Crippen LogP contribution is 2.52. The van der Waals surface area contributed by atoms with Gasteiger partial charge in [0.15, 0.2) is 0 Å². The molecule has 1 amide bonds. The average Bonchev–Trinajstić information content (AvgIpc) is 3.49. The first kappa shape index (κ1) is 25.9. The number of carbonyl (C=O) groups is 3. The molecular formula is C24H28N4O6S. The molecule has 3 aliphatic heterocycles. The number of anilines is 1. The molecule has 10 nitrogen and oxygen atoms in total. The molecule has 35 heavy (non-hydrogen) atoms. The van der Waals surface area contributed by atoms with Crippen molar-refractivity contribution in [2.24, 2.45) is 5.73 Å². The van der Waals surface area contributed by atoms with Crippen LogP contribution in [0.3, 0.4) is 0 Å². The molecule has 2 aromatic heterocycles. The number of benzene rings is 1. The van der Waals surface area contributed by atoms with Gasteiger partial charge in [-0.05, 0) is 49.1 Å². The monoisotopic (exact) mass is 500 g/mol. The minimum absolute atomic E-state index is 0.0654. The molecule has 0 spiro atoms. The van der Waals surface area contributed by atoms with Crippen LogP contribution in [0.15, 0.2) is 35.1 Å². The summed E-state index contributed by atoms with van der Waals surface area (Å²) < 4.78 is 0. The highest BCUT2D eigenvalue weighted by atomic mass is 32.1. The van der Waals surface area contributed by atoms with E-state index in [9.17, 15) is 14.4 Å². The number of primary amides is 1. The van der Waals surface area contributed by atoms with E-state index < -0.39 is 17.8 Å². The largest absolute Gasteiger partial charge is 0.481 e. The Labute approximate surface area is 205 Å². The lowest BCUT2D eigenvalue weighted by Gasteiger charge is -2.40. The maximum atomic E-state index is 12.5. The molecule has 2 atom stereocenters. The highest BCUT2D eigenvalue weighted by Gasteiger charge is 2.46. The van der Waals surface area contributed by atoms with E-state index in [0.717, 1.165) is 48.1 Å². The van der Waals surface area contributed by atoms with Crippen molar-refractivity contribution in [1.82, 2.24) is 9.97 Å². The van der Waals surface area contributed by atoms with Gasteiger partial charge in [-0.1, -0.05) is 13.0 Å². The number of hydrogen-bond donors (Lipinski definition) is 4. The predicted octanol–water partition coefficient (Wildman–Crippen LogP) is 3.27. The standard InChI is InChI=1S/C19H18N4O2S.C3H6O2.C2H4O2/c1-23(15-5-4-14(26-15)16(20)24)19-7-6-10(9-19)17-21-13-3-2-11(19)8-12(13)18(25)22-17;1-2-3(4)5;1-2(3)4/h2-5,8,10H,6-7,9H2,1H3,(H2,20,24)(H,21,22,25);2H2,1H3,(H,4,5);1H3,(H,3,4). The fourth-order valence-corrected chi connectivity index (χ4v) is 5.42. The number of hydrogen-bond acceptors (Lipinski definition) is 7. The van der Waals surface area contributed by atoms with E-state index in [2.05, 4.69) is 23.0 Å². The number of thiophene rings is 1. The molecule has 5 N–H and O–H groups in total. The van der Waals surface area contributed by atoms with Crippen LogP contribution in [0.2, 0.25) is 0 Å². The Morgan fingerprint density at radius 1 is 1.26 bits per heavy atom. The summed E-state index contributed by atoms with van der Waals surface area (Å²) in [4.78, 5) is 52.8. The number of rotatable bonds is 4. The summed E-state index contributed by atoms with van der Waals surface area (Å²) in [6, 6.07) is 9.75.